The van der Waals surface area contributed by atoms with Gasteiger partial charge >= 0.3 is 11.9 Å². The number of amides is 1. The number of aliphatic hydroxyl groups excluding tert-OH is 1. The number of hydrogen-bond donors (Lipinski definition) is 2. The Hall–Kier alpha value is -2.50. The minimum Gasteiger partial charge on any atom is -0.466 e. The van der Waals surface area contributed by atoms with Crippen molar-refractivity contribution in [3.05, 3.63) is 29.3 Å². The smallest absolute Gasteiger partial charge is 0.325 e. The van der Waals surface area contributed by atoms with E-state index in [1.165, 1.54) is 12.1 Å². The second kappa shape index (κ2) is 11.4. The lowest BCUT2D eigenvalue weighted by Gasteiger charge is -2.22. The summed E-state index contributed by atoms with van der Waals surface area (Å²) in [6.07, 6.45) is -0.621. The number of carbonyl (C=O) groups excluding carboxylic acids is 3. The largest absolute Gasteiger partial charge is 0.466 e. The van der Waals surface area contributed by atoms with E-state index < -0.39 is 40.7 Å². The van der Waals surface area contributed by atoms with Crippen molar-refractivity contribution in [2.75, 3.05) is 26.3 Å². The summed E-state index contributed by atoms with van der Waals surface area (Å²) >= 11 is 0. The summed E-state index contributed by atoms with van der Waals surface area (Å²) in [7, 11) is -4.05. The number of esters is 2. The topological polar surface area (TPSA) is 139 Å². The molecule has 0 spiro atoms. The van der Waals surface area contributed by atoms with E-state index in [0.29, 0.717) is 6.42 Å². The van der Waals surface area contributed by atoms with Crippen LogP contribution >= 0.6 is 0 Å². The van der Waals surface area contributed by atoms with Crippen LogP contribution < -0.4 is 5.32 Å². The zero-order valence-corrected chi connectivity index (χ0v) is 19.3. The third-order valence-corrected chi connectivity index (χ3v) is 6.99. The van der Waals surface area contributed by atoms with Crippen molar-refractivity contribution in [1.82, 2.24) is 9.62 Å². The van der Waals surface area contributed by atoms with Crippen molar-refractivity contribution in [3.8, 4) is 0 Å². The number of carbonyl (C=O) groups is 3. The van der Waals surface area contributed by atoms with E-state index in [2.05, 4.69) is 5.32 Å². The molecule has 0 radical (unpaired) electrons. The number of rotatable bonds is 10. The van der Waals surface area contributed by atoms with E-state index in [9.17, 15) is 27.9 Å². The van der Waals surface area contributed by atoms with E-state index >= 15 is 0 Å². The molecule has 1 aliphatic heterocycles. The molecule has 2 unspecified atom stereocenters. The van der Waals surface area contributed by atoms with Crippen molar-refractivity contribution in [2.24, 2.45) is 0 Å². The van der Waals surface area contributed by atoms with Gasteiger partial charge in [-0.05, 0) is 50.5 Å². The number of nitrogens with one attached hydrogen (secondary N) is 1. The second-order valence-corrected chi connectivity index (χ2v) is 9.48. The van der Waals surface area contributed by atoms with E-state index in [1.807, 2.05) is 6.92 Å². The van der Waals surface area contributed by atoms with Gasteiger partial charge in [-0.2, -0.15) is 4.31 Å². The van der Waals surface area contributed by atoms with Gasteiger partial charge in [-0.15, -0.1) is 0 Å². The van der Waals surface area contributed by atoms with Crippen LogP contribution in [0.4, 0.5) is 0 Å². The lowest BCUT2D eigenvalue weighted by molar-refractivity contribution is -0.151. The summed E-state index contributed by atoms with van der Waals surface area (Å²) in [4.78, 5) is 35.7. The highest BCUT2D eigenvalue weighted by molar-refractivity contribution is 7.89. The molecule has 1 aromatic carbocycles. The maximum Gasteiger partial charge on any atom is 0.325 e. The van der Waals surface area contributed by atoms with Crippen LogP contribution in [-0.4, -0.2) is 74.1 Å². The first-order chi connectivity index (χ1) is 15.1. The van der Waals surface area contributed by atoms with Gasteiger partial charge in [0.05, 0.1) is 17.6 Å². The van der Waals surface area contributed by atoms with Gasteiger partial charge in [0.2, 0.25) is 10.0 Å². The molecular formula is C21H30N2O8S. The number of aliphatic hydroxyl groups is 1. The van der Waals surface area contributed by atoms with Crippen molar-refractivity contribution in [1.29, 1.82) is 0 Å². The molecule has 0 aromatic heterocycles. The molecule has 178 valence electrons. The molecule has 2 rings (SSSR count). The number of ether oxygens (including phenoxy) is 2. The molecule has 1 saturated heterocycles. The SMILES string of the molecule is CCOC(=O)CCCNC(=O)COC(=O)C1CC(O)CN1S(=O)(=O)c1ccc(C)c(C)c1. The molecule has 10 nitrogen and oxygen atoms in total. The number of sulfonamides is 1. The lowest BCUT2D eigenvalue weighted by atomic mass is 10.1. The zero-order valence-electron chi connectivity index (χ0n) is 18.5. The average Bonchev–Trinajstić information content (AvgIpc) is 3.14. The van der Waals surface area contributed by atoms with Crippen LogP contribution in [0.5, 0.6) is 0 Å². The minimum atomic E-state index is -4.05. The fourth-order valence-corrected chi connectivity index (χ4v) is 4.96. The predicted octanol–water partition coefficient (Wildman–Crippen LogP) is 0.430. The summed E-state index contributed by atoms with van der Waals surface area (Å²) < 4.78 is 36.8. The zero-order chi connectivity index (χ0) is 23.9. The van der Waals surface area contributed by atoms with Crippen LogP contribution in [0, 0.1) is 13.8 Å². The Balaban J connectivity index is 1.93. The van der Waals surface area contributed by atoms with Gasteiger partial charge in [0.15, 0.2) is 6.61 Å². The Morgan fingerprint density at radius 2 is 1.91 bits per heavy atom. The van der Waals surface area contributed by atoms with Gasteiger partial charge in [-0.3, -0.25) is 14.4 Å². The Bertz CT molecular complexity index is 947. The molecule has 1 aromatic rings. The molecule has 0 aliphatic carbocycles. The fourth-order valence-electron chi connectivity index (χ4n) is 3.25. The van der Waals surface area contributed by atoms with Gasteiger partial charge in [0.1, 0.15) is 6.04 Å². The third-order valence-electron chi connectivity index (χ3n) is 5.12. The number of nitrogens with zero attached hydrogens (tertiary/aromatic N) is 1. The maximum atomic E-state index is 13.1. The fraction of sp³-hybridized carbons (Fsp3) is 0.571. The highest BCUT2D eigenvalue weighted by atomic mass is 32.2. The molecule has 1 aliphatic rings. The molecule has 0 saturated carbocycles. The Morgan fingerprint density at radius 1 is 1.19 bits per heavy atom. The predicted molar refractivity (Wildman–Crippen MR) is 114 cm³/mol. The summed E-state index contributed by atoms with van der Waals surface area (Å²) in [6, 6.07) is 3.41. The second-order valence-electron chi connectivity index (χ2n) is 7.59. The first-order valence-corrected chi connectivity index (χ1v) is 11.9. The van der Waals surface area contributed by atoms with E-state index in [4.69, 9.17) is 9.47 Å². The molecule has 32 heavy (non-hydrogen) atoms. The highest BCUT2D eigenvalue weighted by Gasteiger charge is 2.44. The van der Waals surface area contributed by atoms with Crippen LogP contribution in [-0.2, 0) is 33.9 Å². The molecule has 0 bridgehead atoms. The van der Waals surface area contributed by atoms with Gasteiger partial charge in [-0.25, -0.2) is 8.42 Å². The Kier molecular flexibility index (Phi) is 9.17. The van der Waals surface area contributed by atoms with E-state index in [0.717, 1.165) is 15.4 Å². The summed E-state index contributed by atoms with van der Waals surface area (Å²) in [5, 5.41) is 12.5. The lowest BCUT2D eigenvalue weighted by Crippen LogP contribution is -2.42. The van der Waals surface area contributed by atoms with E-state index in [-0.39, 0.29) is 43.4 Å². The monoisotopic (exact) mass is 470 g/mol. The quantitative estimate of drug-likeness (QED) is 0.371. The standard InChI is InChI=1S/C21H30N2O8S/c1-4-30-20(26)6-5-9-22-19(25)13-31-21(27)18-11-16(24)12-23(18)32(28,29)17-8-7-14(2)15(3)10-17/h7-8,10,16,18,24H,4-6,9,11-13H2,1-3H3,(H,22,25). The van der Waals surface area contributed by atoms with Crippen LogP contribution in [0.15, 0.2) is 23.1 Å². The first kappa shape index (κ1) is 25.8. The molecule has 1 fully saturated rings. The van der Waals surface area contributed by atoms with Crippen LogP contribution in [0.25, 0.3) is 0 Å². The summed E-state index contributed by atoms with van der Waals surface area (Å²) in [6.45, 7) is 4.98. The van der Waals surface area contributed by atoms with Crippen molar-refractivity contribution >= 4 is 27.9 Å². The minimum absolute atomic E-state index is 0.0202. The number of benzene rings is 1. The van der Waals surface area contributed by atoms with E-state index in [1.54, 1.807) is 19.9 Å². The van der Waals surface area contributed by atoms with Crippen molar-refractivity contribution < 1.29 is 37.4 Å². The Morgan fingerprint density at radius 3 is 2.56 bits per heavy atom. The van der Waals surface area contributed by atoms with Crippen molar-refractivity contribution in [2.45, 2.75) is 57.1 Å². The first-order valence-electron chi connectivity index (χ1n) is 10.4. The van der Waals surface area contributed by atoms with Crippen LogP contribution in [0.3, 0.4) is 0 Å². The van der Waals surface area contributed by atoms with Gasteiger partial charge in [0.25, 0.3) is 5.91 Å². The van der Waals surface area contributed by atoms with Crippen LogP contribution in [0.2, 0.25) is 0 Å². The number of β-amino-alcohol motifs (C(OH)–C–C–N with tert-alkyl or cyclic N) is 1. The molecule has 11 heteroatoms. The van der Waals surface area contributed by atoms with Crippen LogP contribution in [0.1, 0.15) is 37.3 Å². The molecule has 2 N–H and O–H groups in total. The highest BCUT2D eigenvalue weighted by Crippen LogP contribution is 2.28. The van der Waals surface area contributed by atoms with Gasteiger partial charge < -0.3 is 19.9 Å². The summed E-state index contributed by atoms with van der Waals surface area (Å²) in [5.74, 6) is -1.85. The molecule has 2 atom stereocenters. The van der Waals surface area contributed by atoms with Crippen molar-refractivity contribution in [3.63, 3.8) is 0 Å². The number of aryl methyl sites for hydroxylation is 2. The molecule has 1 heterocycles. The molecular weight excluding hydrogens is 440 g/mol. The van der Waals surface area contributed by atoms with Gasteiger partial charge in [-0.1, -0.05) is 6.07 Å². The summed E-state index contributed by atoms with van der Waals surface area (Å²) in [5.41, 5.74) is 1.71. The van der Waals surface area contributed by atoms with Gasteiger partial charge in [0, 0.05) is 25.9 Å². The average molecular weight is 471 g/mol. The normalized spacial score (nSPS) is 18.9. The number of hydrogen-bond acceptors (Lipinski definition) is 8. The maximum absolute atomic E-state index is 13.1. The molecule has 1 amide bonds. The Labute approximate surface area is 187 Å². The third kappa shape index (κ3) is 6.75.